The Morgan fingerprint density at radius 1 is 1.44 bits per heavy atom. The highest BCUT2D eigenvalue weighted by molar-refractivity contribution is 7.93. The average molecular weight is 244 g/mol. The molecule has 0 bridgehead atoms. The number of hydrogen-bond acceptors (Lipinski definition) is 4. The summed E-state index contributed by atoms with van der Waals surface area (Å²) in [7, 11) is -3.31. The summed E-state index contributed by atoms with van der Waals surface area (Å²) in [5.74, 6) is 0.481. The zero-order valence-corrected chi connectivity index (χ0v) is 10.4. The molecule has 1 N–H and O–H groups in total. The van der Waals surface area contributed by atoms with Crippen molar-refractivity contribution in [1.29, 1.82) is 0 Å². The summed E-state index contributed by atoms with van der Waals surface area (Å²) in [6.45, 7) is 5.62. The number of sulfonamides is 1. The molecule has 5 nitrogen and oxygen atoms in total. The van der Waals surface area contributed by atoms with Gasteiger partial charge in [-0.25, -0.2) is 13.4 Å². The van der Waals surface area contributed by atoms with Gasteiger partial charge in [0, 0.05) is 6.07 Å². The maximum absolute atomic E-state index is 11.5. The first-order valence-corrected chi connectivity index (χ1v) is 6.61. The van der Waals surface area contributed by atoms with Crippen LogP contribution < -0.4 is 9.46 Å². The average Bonchev–Trinajstić information content (AvgIpc) is 2.21. The largest absolute Gasteiger partial charge is 0.478 e. The van der Waals surface area contributed by atoms with Crippen LogP contribution in [0.15, 0.2) is 18.3 Å². The summed E-state index contributed by atoms with van der Waals surface area (Å²) >= 11 is 0. The Labute approximate surface area is 95.9 Å². The van der Waals surface area contributed by atoms with Crippen LogP contribution in [0.1, 0.15) is 20.8 Å². The van der Waals surface area contributed by atoms with Crippen molar-refractivity contribution in [3.8, 4) is 5.88 Å². The van der Waals surface area contributed by atoms with Crippen LogP contribution in [0, 0.1) is 0 Å². The molecule has 0 aromatic carbocycles. The lowest BCUT2D eigenvalue weighted by molar-refractivity contribution is 0.327. The third-order valence-electron chi connectivity index (χ3n) is 1.91. The molecule has 1 aromatic rings. The molecule has 0 fully saturated rings. The number of nitrogens with zero attached hydrogens (tertiary/aromatic N) is 1. The van der Waals surface area contributed by atoms with E-state index < -0.39 is 15.3 Å². The normalized spacial score (nSPS) is 11.5. The first kappa shape index (κ1) is 12.8. The van der Waals surface area contributed by atoms with Crippen LogP contribution >= 0.6 is 0 Å². The Kier molecular flexibility index (Phi) is 4.12. The monoisotopic (exact) mass is 244 g/mol. The van der Waals surface area contributed by atoms with E-state index in [9.17, 15) is 8.42 Å². The highest BCUT2D eigenvalue weighted by Gasteiger charge is 2.15. The van der Waals surface area contributed by atoms with Gasteiger partial charge in [0.1, 0.15) is 0 Å². The molecule has 90 valence electrons. The zero-order chi connectivity index (χ0) is 12.2. The summed E-state index contributed by atoms with van der Waals surface area (Å²) in [6, 6.07) is 3.25. The second-order valence-corrected chi connectivity index (χ2v) is 5.75. The van der Waals surface area contributed by atoms with Gasteiger partial charge in [0.25, 0.3) is 0 Å². The molecular formula is C10H16N2O3S. The zero-order valence-electron chi connectivity index (χ0n) is 9.60. The van der Waals surface area contributed by atoms with Crippen LogP contribution in [0.25, 0.3) is 0 Å². The van der Waals surface area contributed by atoms with E-state index in [1.807, 2.05) is 6.92 Å². The molecule has 0 aliphatic carbocycles. The van der Waals surface area contributed by atoms with Crippen molar-refractivity contribution in [2.24, 2.45) is 0 Å². The van der Waals surface area contributed by atoms with E-state index in [1.54, 1.807) is 26.0 Å². The molecule has 0 saturated carbocycles. The molecule has 1 heterocycles. The summed E-state index contributed by atoms with van der Waals surface area (Å²) in [4.78, 5) is 3.96. The lowest BCUT2D eigenvalue weighted by Crippen LogP contribution is -2.22. The molecule has 1 aromatic heterocycles. The van der Waals surface area contributed by atoms with E-state index in [-0.39, 0.29) is 0 Å². The molecule has 6 heteroatoms. The number of hydrogen-bond donors (Lipinski definition) is 1. The topological polar surface area (TPSA) is 68.3 Å². The predicted molar refractivity (Wildman–Crippen MR) is 63.1 cm³/mol. The third-order valence-corrected chi connectivity index (χ3v) is 3.67. The molecule has 16 heavy (non-hydrogen) atoms. The summed E-state index contributed by atoms with van der Waals surface area (Å²) in [5.41, 5.74) is 0.442. The summed E-state index contributed by atoms with van der Waals surface area (Å²) in [6.07, 6.45) is 1.44. The fourth-order valence-electron chi connectivity index (χ4n) is 0.956. The Balaban J connectivity index is 2.76. The van der Waals surface area contributed by atoms with Gasteiger partial charge in [-0.2, -0.15) is 0 Å². The molecular weight excluding hydrogens is 228 g/mol. The maximum atomic E-state index is 11.5. The molecule has 0 atom stereocenters. The van der Waals surface area contributed by atoms with Crippen molar-refractivity contribution in [2.45, 2.75) is 26.0 Å². The smallest absolute Gasteiger partial charge is 0.235 e. The predicted octanol–water partition coefficient (Wildman–Crippen LogP) is 1.63. The fraction of sp³-hybridized carbons (Fsp3) is 0.500. The van der Waals surface area contributed by atoms with E-state index in [0.717, 1.165) is 0 Å². The third kappa shape index (κ3) is 3.37. The first-order chi connectivity index (χ1) is 7.45. The van der Waals surface area contributed by atoms with Crippen LogP contribution in [0.5, 0.6) is 5.88 Å². The minimum atomic E-state index is -3.31. The number of ether oxygens (including phenoxy) is 1. The van der Waals surface area contributed by atoms with Gasteiger partial charge >= 0.3 is 0 Å². The van der Waals surface area contributed by atoms with Gasteiger partial charge in [-0.1, -0.05) is 0 Å². The molecule has 0 amide bonds. The number of nitrogens with one attached hydrogen (secondary N) is 1. The highest BCUT2D eigenvalue weighted by atomic mass is 32.2. The lowest BCUT2D eigenvalue weighted by Gasteiger charge is -2.10. The van der Waals surface area contributed by atoms with Crippen molar-refractivity contribution in [2.75, 3.05) is 11.3 Å². The minimum Gasteiger partial charge on any atom is -0.478 e. The van der Waals surface area contributed by atoms with E-state index in [4.69, 9.17) is 4.74 Å². The molecule has 0 unspecified atom stereocenters. The van der Waals surface area contributed by atoms with E-state index in [1.165, 1.54) is 6.20 Å². The first-order valence-electron chi connectivity index (χ1n) is 5.06. The van der Waals surface area contributed by atoms with Crippen LogP contribution in [0.2, 0.25) is 0 Å². The molecule has 0 radical (unpaired) electrons. The lowest BCUT2D eigenvalue weighted by atomic mass is 10.4. The fourth-order valence-corrected chi connectivity index (χ4v) is 1.64. The van der Waals surface area contributed by atoms with Gasteiger partial charge in [-0.15, -0.1) is 0 Å². The van der Waals surface area contributed by atoms with E-state index in [0.29, 0.717) is 18.2 Å². The Morgan fingerprint density at radius 2 is 2.12 bits per heavy atom. The van der Waals surface area contributed by atoms with Crippen LogP contribution in [0.3, 0.4) is 0 Å². The second-order valence-electron chi connectivity index (χ2n) is 3.51. The van der Waals surface area contributed by atoms with Gasteiger partial charge in [0.2, 0.25) is 15.9 Å². The van der Waals surface area contributed by atoms with Crippen molar-refractivity contribution >= 4 is 15.7 Å². The summed E-state index contributed by atoms with van der Waals surface area (Å²) in [5, 5.41) is -0.473. The van der Waals surface area contributed by atoms with Crippen molar-refractivity contribution in [1.82, 2.24) is 4.98 Å². The molecule has 0 spiro atoms. The maximum Gasteiger partial charge on any atom is 0.235 e. The molecule has 0 aliphatic rings. The molecule has 0 aliphatic heterocycles. The van der Waals surface area contributed by atoms with Gasteiger partial charge in [0.05, 0.1) is 23.7 Å². The Bertz CT molecular complexity index is 426. The molecule has 0 saturated heterocycles. The van der Waals surface area contributed by atoms with Gasteiger partial charge in [-0.05, 0) is 26.8 Å². The Hall–Kier alpha value is -1.30. The quantitative estimate of drug-likeness (QED) is 0.854. The van der Waals surface area contributed by atoms with Crippen molar-refractivity contribution < 1.29 is 13.2 Å². The van der Waals surface area contributed by atoms with Gasteiger partial charge in [0.15, 0.2) is 0 Å². The highest BCUT2D eigenvalue weighted by Crippen LogP contribution is 2.14. The minimum absolute atomic E-state index is 0.442. The SMILES string of the molecule is CCOc1ccc(NS(=O)(=O)C(C)C)cn1. The van der Waals surface area contributed by atoms with Crippen LogP contribution in [0.4, 0.5) is 5.69 Å². The number of anilines is 1. The van der Waals surface area contributed by atoms with Crippen LogP contribution in [-0.4, -0.2) is 25.3 Å². The van der Waals surface area contributed by atoms with Gasteiger partial charge < -0.3 is 4.74 Å². The molecule has 1 rings (SSSR count). The number of aromatic nitrogens is 1. The van der Waals surface area contributed by atoms with Gasteiger partial charge in [-0.3, -0.25) is 4.72 Å². The second kappa shape index (κ2) is 5.16. The Morgan fingerprint density at radius 3 is 2.56 bits per heavy atom. The number of pyridine rings is 1. The summed E-state index contributed by atoms with van der Waals surface area (Å²) < 4.78 is 30.7. The van der Waals surface area contributed by atoms with Crippen LogP contribution in [-0.2, 0) is 10.0 Å². The van der Waals surface area contributed by atoms with E-state index in [2.05, 4.69) is 9.71 Å². The van der Waals surface area contributed by atoms with Crippen molar-refractivity contribution in [3.05, 3.63) is 18.3 Å². The standard InChI is InChI=1S/C10H16N2O3S/c1-4-15-10-6-5-9(7-11-10)12-16(13,14)8(2)3/h5-8,12H,4H2,1-3H3. The van der Waals surface area contributed by atoms with Crippen molar-refractivity contribution in [3.63, 3.8) is 0 Å². The van der Waals surface area contributed by atoms with E-state index >= 15 is 0 Å². The number of rotatable bonds is 5.